The van der Waals surface area contributed by atoms with Gasteiger partial charge in [0.05, 0.1) is 12.8 Å². The van der Waals surface area contributed by atoms with Crippen molar-refractivity contribution in [2.75, 3.05) is 6.54 Å². The van der Waals surface area contributed by atoms with Gasteiger partial charge in [0.2, 0.25) is 5.91 Å². The van der Waals surface area contributed by atoms with Gasteiger partial charge in [-0.3, -0.25) is 9.59 Å². The second-order valence-corrected chi connectivity index (χ2v) is 4.48. The van der Waals surface area contributed by atoms with Crippen molar-refractivity contribution in [1.82, 2.24) is 10.3 Å². The van der Waals surface area contributed by atoms with Crippen LogP contribution in [0.1, 0.15) is 17.5 Å². The number of benzene rings is 1. The molecule has 0 unspecified atom stereocenters. The zero-order valence-corrected chi connectivity index (χ0v) is 10.7. The van der Waals surface area contributed by atoms with Gasteiger partial charge in [-0.15, -0.1) is 0 Å². The Kier molecular flexibility index (Phi) is 3.85. The summed E-state index contributed by atoms with van der Waals surface area (Å²) in [4.78, 5) is 25.2. The predicted molar refractivity (Wildman–Crippen MR) is 72.0 cm³/mol. The summed E-state index contributed by atoms with van der Waals surface area (Å²) in [6, 6.07) is 5.93. The van der Waals surface area contributed by atoms with Gasteiger partial charge in [0.15, 0.2) is 0 Å². The first-order chi connectivity index (χ1) is 9.08. The van der Waals surface area contributed by atoms with Crippen LogP contribution in [0.4, 0.5) is 0 Å². The number of hydrogen-bond acceptors (Lipinski definition) is 2. The van der Waals surface area contributed by atoms with E-state index in [1.807, 2.05) is 31.3 Å². The number of carbonyl (C=O) groups is 2. The van der Waals surface area contributed by atoms with E-state index in [1.54, 1.807) is 0 Å². The summed E-state index contributed by atoms with van der Waals surface area (Å²) >= 11 is 0. The lowest BCUT2D eigenvalue weighted by atomic mass is 10.1. The monoisotopic (exact) mass is 260 g/mol. The lowest BCUT2D eigenvalue weighted by Crippen LogP contribution is -2.27. The van der Waals surface area contributed by atoms with E-state index in [0.29, 0.717) is 0 Å². The van der Waals surface area contributed by atoms with Gasteiger partial charge in [-0.05, 0) is 24.1 Å². The molecule has 5 nitrogen and oxygen atoms in total. The van der Waals surface area contributed by atoms with Crippen LogP contribution in [0.2, 0.25) is 0 Å². The van der Waals surface area contributed by atoms with Crippen molar-refractivity contribution in [2.45, 2.75) is 19.8 Å². The molecule has 1 amide bonds. The first-order valence-corrected chi connectivity index (χ1v) is 6.12. The molecule has 0 fully saturated rings. The van der Waals surface area contributed by atoms with Crippen molar-refractivity contribution in [2.24, 2.45) is 0 Å². The summed E-state index contributed by atoms with van der Waals surface area (Å²) in [6.07, 6.45) is 2.03. The van der Waals surface area contributed by atoms with Crippen LogP contribution in [-0.4, -0.2) is 28.5 Å². The molecule has 0 aliphatic rings. The van der Waals surface area contributed by atoms with Gasteiger partial charge in [0.1, 0.15) is 0 Å². The lowest BCUT2D eigenvalue weighted by Gasteiger charge is -2.04. The maximum absolute atomic E-state index is 11.7. The smallest absolute Gasteiger partial charge is 0.305 e. The summed E-state index contributed by atoms with van der Waals surface area (Å²) in [6.45, 7) is 2.16. The number of H-pyrrole nitrogens is 1. The van der Waals surface area contributed by atoms with Gasteiger partial charge in [0, 0.05) is 23.6 Å². The Hall–Kier alpha value is -2.30. The molecular weight excluding hydrogens is 244 g/mol. The number of aromatic nitrogens is 1. The average molecular weight is 260 g/mol. The topological polar surface area (TPSA) is 82.2 Å². The number of aromatic amines is 1. The van der Waals surface area contributed by atoms with E-state index in [9.17, 15) is 9.59 Å². The normalized spacial score (nSPS) is 10.6. The molecule has 0 saturated carbocycles. The summed E-state index contributed by atoms with van der Waals surface area (Å²) in [5, 5.41) is 12.2. The number of fused-ring (bicyclic) bond motifs is 1. The second kappa shape index (κ2) is 5.56. The fourth-order valence-electron chi connectivity index (χ4n) is 2.14. The van der Waals surface area contributed by atoms with Crippen LogP contribution >= 0.6 is 0 Å². The van der Waals surface area contributed by atoms with Crippen molar-refractivity contribution in [3.05, 3.63) is 35.5 Å². The quantitative estimate of drug-likeness (QED) is 0.763. The number of amides is 1. The van der Waals surface area contributed by atoms with E-state index >= 15 is 0 Å². The minimum absolute atomic E-state index is 0.0569. The number of hydrogen-bond donors (Lipinski definition) is 3. The first-order valence-electron chi connectivity index (χ1n) is 6.12. The zero-order valence-electron chi connectivity index (χ0n) is 10.7. The highest BCUT2D eigenvalue weighted by Gasteiger charge is 2.10. The van der Waals surface area contributed by atoms with Gasteiger partial charge < -0.3 is 15.4 Å². The van der Waals surface area contributed by atoms with Gasteiger partial charge in [-0.1, -0.05) is 12.1 Å². The summed E-state index contributed by atoms with van der Waals surface area (Å²) < 4.78 is 0. The number of carboxylic acids is 1. The molecule has 2 rings (SSSR count). The number of carbonyl (C=O) groups excluding carboxylic acids is 1. The molecule has 2 aromatic rings. The highest BCUT2D eigenvalue weighted by molar-refractivity contribution is 5.91. The van der Waals surface area contributed by atoms with Crippen LogP contribution in [0.25, 0.3) is 10.9 Å². The van der Waals surface area contributed by atoms with Crippen molar-refractivity contribution in [3.8, 4) is 0 Å². The van der Waals surface area contributed by atoms with E-state index in [2.05, 4.69) is 10.3 Å². The summed E-state index contributed by atoms with van der Waals surface area (Å²) in [5.74, 6) is -1.08. The van der Waals surface area contributed by atoms with Crippen LogP contribution in [0.3, 0.4) is 0 Å². The Morgan fingerprint density at radius 3 is 2.89 bits per heavy atom. The molecule has 1 heterocycles. The van der Waals surface area contributed by atoms with Gasteiger partial charge in [-0.25, -0.2) is 0 Å². The molecule has 3 N–H and O–H groups in total. The first kappa shape index (κ1) is 13.1. The zero-order chi connectivity index (χ0) is 13.8. The van der Waals surface area contributed by atoms with E-state index in [1.165, 1.54) is 0 Å². The Morgan fingerprint density at radius 1 is 1.37 bits per heavy atom. The molecule has 0 aliphatic carbocycles. The number of nitrogens with one attached hydrogen (secondary N) is 2. The Bertz CT molecular complexity index is 616. The van der Waals surface area contributed by atoms with Crippen LogP contribution < -0.4 is 5.32 Å². The Balaban J connectivity index is 2.05. The Morgan fingerprint density at radius 2 is 2.16 bits per heavy atom. The molecule has 100 valence electrons. The van der Waals surface area contributed by atoms with Crippen LogP contribution in [-0.2, 0) is 16.0 Å². The molecule has 0 radical (unpaired) electrons. The highest BCUT2D eigenvalue weighted by atomic mass is 16.4. The van der Waals surface area contributed by atoms with Crippen molar-refractivity contribution in [3.63, 3.8) is 0 Å². The summed E-state index contributed by atoms with van der Waals surface area (Å²) in [5.41, 5.74) is 3.06. The van der Waals surface area contributed by atoms with E-state index in [4.69, 9.17) is 5.11 Å². The minimum atomic E-state index is -0.914. The van der Waals surface area contributed by atoms with Crippen LogP contribution in [0, 0.1) is 6.92 Å². The lowest BCUT2D eigenvalue weighted by molar-refractivity contribution is -0.136. The molecule has 0 saturated heterocycles. The van der Waals surface area contributed by atoms with Crippen LogP contribution in [0.5, 0.6) is 0 Å². The molecule has 1 aromatic carbocycles. The fourth-order valence-corrected chi connectivity index (χ4v) is 2.14. The number of carboxylic acid groups (broad SMARTS) is 1. The molecule has 0 aliphatic heterocycles. The standard InChI is InChI=1S/C14H16N2O3/c1-9-3-2-4-11-14(9)10(8-16-11)7-12(17)15-6-5-13(18)19/h2-4,8,16H,5-7H2,1H3,(H,15,17)(H,18,19). The maximum atomic E-state index is 11.7. The molecule has 0 spiro atoms. The second-order valence-electron chi connectivity index (χ2n) is 4.48. The number of rotatable bonds is 5. The average Bonchev–Trinajstić information content (AvgIpc) is 2.73. The molecule has 1 aromatic heterocycles. The Labute approximate surface area is 110 Å². The van der Waals surface area contributed by atoms with Crippen molar-refractivity contribution >= 4 is 22.8 Å². The third-order valence-electron chi connectivity index (χ3n) is 3.01. The SMILES string of the molecule is Cc1cccc2[nH]cc(CC(=O)NCCC(=O)O)c12. The minimum Gasteiger partial charge on any atom is -0.481 e. The van der Waals surface area contributed by atoms with Gasteiger partial charge >= 0.3 is 5.97 Å². The van der Waals surface area contributed by atoms with E-state index in [0.717, 1.165) is 22.0 Å². The maximum Gasteiger partial charge on any atom is 0.305 e. The van der Waals surface area contributed by atoms with Crippen molar-refractivity contribution < 1.29 is 14.7 Å². The third kappa shape index (κ3) is 3.13. The molecule has 5 heteroatoms. The van der Waals surface area contributed by atoms with Crippen LogP contribution in [0.15, 0.2) is 24.4 Å². The van der Waals surface area contributed by atoms with E-state index < -0.39 is 5.97 Å². The highest BCUT2D eigenvalue weighted by Crippen LogP contribution is 2.22. The predicted octanol–water partition coefficient (Wildman–Crippen LogP) is 1.61. The van der Waals surface area contributed by atoms with Crippen molar-refractivity contribution in [1.29, 1.82) is 0 Å². The van der Waals surface area contributed by atoms with Gasteiger partial charge in [-0.2, -0.15) is 0 Å². The molecule has 19 heavy (non-hydrogen) atoms. The largest absolute Gasteiger partial charge is 0.481 e. The van der Waals surface area contributed by atoms with E-state index in [-0.39, 0.29) is 25.3 Å². The molecule has 0 atom stereocenters. The molecular formula is C14H16N2O3. The summed E-state index contributed by atoms with van der Waals surface area (Å²) in [7, 11) is 0. The number of aliphatic carboxylic acids is 1. The molecule has 0 bridgehead atoms. The fraction of sp³-hybridized carbons (Fsp3) is 0.286. The number of aryl methyl sites for hydroxylation is 1. The van der Waals surface area contributed by atoms with Gasteiger partial charge in [0.25, 0.3) is 0 Å². The third-order valence-corrected chi connectivity index (χ3v) is 3.01.